The number of carbonyl (C=O) groups is 3. The van der Waals surface area contributed by atoms with Gasteiger partial charge in [-0.3, -0.25) is 9.59 Å². The Labute approximate surface area is 220 Å². The number of ether oxygens (including phenoxy) is 1. The number of furan rings is 1. The fourth-order valence-corrected chi connectivity index (χ4v) is 4.90. The van der Waals surface area contributed by atoms with E-state index in [2.05, 4.69) is 10.3 Å². The van der Waals surface area contributed by atoms with Gasteiger partial charge in [-0.15, -0.1) is 0 Å². The maximum absolute atomic E-state index is 13.0. The molecule has 0 aliphatic carbocycles. The van der Waals surface area contributed by atoms with Crippen molar-refractivity contribution in [3.63, 3.8) is 0 Å². The molecule has 0 saturated carbocycles. The predicted molar refractivity (Wildman–Crippen MR) is 143 cm³/mol. The Morgan fingerprint density at radius 3 is 2.50 bits per heavy atom. The SMILES string of the molecule is CCOC(=O)c1cc(C(=O)N2CCC(c3ccc(NC(=O)c4oc5ccccc5c4C)cc3)CC2)ccn1. The van der Waals surface area contributed by atoms with Crippen LogP contribution in [0, 0.1) is 6.92 Å². The summed E-state index contributed by atoms with van der Waals surface area (Å²) in [4.78, 5) is 43.6. The van der Waals surface area contributed by atoms with Gasteiger partial charge in [0.2, 0.25) is 0 Å². The third-order valence-corrected chi connectivity index (χ3v) is 6.96. The van der Waals surface area contributed by atoms with E-state index in [1.54, 1.807) is 13.0 Å². The first-order chi connectivity index (χ1) is 18.4. The number of aryl methyl sites for hydroxylation is 1. The molecule has 0 unspecified atom stereocenters. The molecule has 2 amide bonds. The van der Waals surface area contributed by atoms with Crippen LogP contribution < -0.4 is 5.32 Å². The van der Waals surface area contributed by atoms with E-state index in [9.17, 15) is 14.4 Å². The Bertz CT molecular complexity index is 1480. The Balaban J connectivity index is 1.18. The molecule has 1 aliphatic heterocycles. The van der Waals surface area contributed by atoms with Crippen LogP contribution >= 0.6 is 0 Å². The zero-order valence-electron chi connectivity index (χ0n) is 21.4. The van der Waals surface area contributed by atoms with Crippen LogP contribution in [0.25, 0.3) is 11.0 Å². The first-order valence-electron chi connectivity index (χ1n) is 12.8. The van der Waals surface area contributed by atoms with Crippen molar-refractivity contribution < 1.29 is 23.5 Å². The standard InChI is InChI=1S/C30H29N3O5/c1-3-37-30(36)25-18-22(12-15-31-25)29(35)33-16-13-21(14-17-33)20-8-10-23(11-9-20)32-28(34)27-19(2)24-6-4-5-7-26(24)38-27/h4-12,15,18,21H,3,13-14,16-17H2,1-2H3,(H,32,34). The number of para-hydroxylation sites is 1. The van der Waals surface area contributed by atoms with Gasteiger partial charge in [0.1, 0.15) is 11.3 Å². The van der Waals surface area contributed by atoms with E-state index in [0.717, 1.165) is 23.8 Å². The fourth-order valence-electron chi connectivity index (χ4n) is 4.90. The Kier molecular flexibility index (Phi) is 7.22. The number of rotatable bonds is 6. The van der Waals surface area contributed by atoms with Crippen LogP contribution in [0.2, 0.25) is 0 Å². The van der Waals surface area contributed by atoms with Crippen molar-refractivity contribution in [3.05, 3.63) is 95.0 Å². The Morgan fingerprint density at radius 2 is 1.79 bits per heavy atom. The van der Waals surface area contributed by atoms with Gasteiger partial charge < -0.3 is 19.4 Å². The Hall–Kier alpha value is -4.46. The van der Waals surface area contributed by atoms with Gasteiger partial charge in [0.15, 0.2) is 5.76 Å². The Morgan fingerprint density at radius 1 is 1.05 bits per heavy atom. The maximum Gasteiger partial charge on any atom is 0.356 e. The number of nitrogens with zero attached hydrogens (tertiary/aromatic N) is 2. The molecule has 1 fully saturated rings. The molecular weight excluding hydrogens is 482 g/mol. The molecule has 0 atom stereocenters. The smallest absolute Gasteiger partial charge is 0.356 e. The highest BCUT2D eigenvalue weighted by atomic mass is 16.5. The lowest BCUT2D eigenvalue weighted by molar-refractivity contribution is 0.0519. The van der Waals surface area contributed by atoms with Crippen LogP contribution in [-0.4, -0.2) is 47.4 Å². The van der Waals surface area contributed by atoms with Gasteiger partial charge in [-0.05, 0) is 68.5 Å². The van der Waals surface area contributed by atoms with Gasteiger partial charge in [-0.1, -0.05) is 30.3 Å². The number of aromatic nitrogens is 1. The van der Waals surface area contributed by atoms with Gasteiger partial charge >= 0.3 is 5.97 Å². The zero-order chi connectivity index (χ0) is 26.6. The maximum atomic E-state index is 13.0. The molecule has 8 nitrogen and oxygen atoms in total. The number of hydrogen-bond acceptors (Lipinski definition) is 6. The van der Waals surface area contributed by atoms with E-state index in [1.165, 1.54) is 17.8 Å². The molecule has 0 spiro atoms. The largest absolute Gasteiger partial charge is 0.461 e. The number of amides is 2. The number of hydrogen-bond donors (Lipinski definition) is 1. The summed E-state index contributed by atoms with van der Waals surface area (Å²) in [6.07, 6.45) is 3.11. The number of fused-ring (bicyclic) bond motifs is 1. The second kappa shape index (κ2) is 10.9. The van der Waals surface area contributed by atoms with Gasteiger partial charge in [0, 0.05) is 41.5 Å². The molecule has 2 aromatic carbocycles. The number of benzene rings is 2. The van der Waals surface area contributed by atoms with Crippen molar-refractivity contribution in [3.8, 4) is 0 Å². The number of likely N-dealkylation sites (tertiary alicyclic amines) is 1. The van der Waals surface area contributed by atoms with Crippen molar-refractivity contribution in [1.82, 2.24) is 9.88 Å². The first kappa shape index (κ1) is 25.2. The third-order valence-electron chi connectivity index (χ3n) is 6.96. The van der Waals surface area contributed by atoms with Crippen molar-refractivity contribution in [1.29, 1.82) is 0 Å². The van der Waals surface area contributed by atoms with E-state index >= 15 is 0 Å². The number of anilines is 1. The minimum atomic E-state index is -0.534. The summed E-state index contributed by atoms with van der Waals surface area (Å²) in [5.41, 5.74) is 3.94. The molecule has 1 N–H and O–H groups in total. The molecule has 1 saturated heterocycles. The molecule has 3 heterocycles. The average molecular weight is 512 g/mol. The highest BCUT2D eigenvalue weighted by Crippen LogP contribution is 2.30. The average Bonchev–Trinajstić information content (AvgIpc) is 3.30. The lowest BCUT2D eigenvalue weighted by atomic mass is 9.89. The molecule has 1 aliphatic rings. The summed E-state index contributed by atoms with van der Waals surface area (Å²) in [5.74, 6) is -0.297. The third kappa shape index (κ3) is 5.16. The number of esters is 1. The summed E-state index contributed by atoms with van der Waals surface area (Å²) in [6, 6.07) is 18.6. The first-order valence-corrected chi connectivity index (χ1v) is 12.8. The van der Waals surface area contributed by atoms with Gasteiger partial charge in [0.25, 0.3) is 11.8 Å². The van der Waals surface area contributed by atoms with E-state index < -0.39 is 5.97 Å². The van der Waals surface area contributed by atoms with Crippen molar-refractivity contribution >= 4 is 34.4 Å². The number of pyridine rings is 1. The highest BCUT2D eigenvalue weighted by Gasteiger charge is 2.25. The molecule has 0 bridgehead atoms. The van der Waals surface area contributed by atoms with Crippen LogP contribution in [0.1, 0.15) is 68.2 Å². The molecule has 2 aromatic heterocycles. The fraction of sp³-hybridized carbons (Fsp3) is 0.267. The predicted octanol–water partition coefficient (Wildman–Crippen LogP) is 5.59. The summed E-state index contributed by atoms with van der Waals surface area (Å²) < 4.78 is 10.8. The molecule has 5 rings (SSSR count). The summed E-state index contributed by atoms with van der Waals surface area (Å²) >= 11 is 0. The number of carbonyl (C=O) groups excluding carboxylic acids is 3. The summed E-state index contributed by atoms with van der Waals surface area (Å²) in [7, 11) is 0. The van der Waals surface area contributed by atoms with Crippen LogP contribution in [-0.2, 0) is 4.74 Å². The van der Waals surface area contributed by atoms with E-state index in [4.69, 9.17) is 9.15 Å². The normalized spacial score (nSPS) is 13.9. The molecule has 38 heavy (non-hydrogen) atoms. The van der Waals surface area contributed by atoms with Crippen molar-refractivity contribution in [2.45, 2.75) is 32.6 Å². The monoisotopic (exact) mass is 511 g/mol. The molecule has 8 heteroatoms. The van der Waals surface area contributed by atoms with Crippen LogP contribution in [0.15, 0.2) is 71.3 Å². The molecule has 194 valence electrons. The lowest BCUT2D eigenvalue weighted by Gasteiger charge is -2.32. The minimum Gasteiger partial charge on any atom is -0.461 e. The van der Waals surface area contributed by atoms with E-state index in [0.29, 0.717) is 41.6 Å². The summed E-state index contributed by atoms with van der Waals surface area (Å²) in [6.45, 7) is 5.09. The number of nitrogens with one attached hydrogen (secondary N) is 1. The van der Waals surface area contributed by atoms with Gasteiger partial charge in [0.05, 0.1) is 6.61 Å². The minimum absolute atomic E-state index is 0.115. The lowest BCUT2D eigenvalue weighted by Crippen LogP contribution is -2.38. The molecule has 4 aromatic rings. The van der Waals surface area contributed by atoms with Crippen molar-refractivity contribution in [2.24, 2.45) is 0 Å². The highest BCUT2D eigenvalue weighted by molar-refractivity contribution is 6.06. The second-order valence-corrected chi connectivity index (χ2v) is 9.35. The molecule has 0 radical (unpaired) electrons. The van der Waals surface area contributed by atoms with E-state index in [-0.39, 0.29) is 24.1 Å². The van der Waals surface area contributed by atoms with Crippen LogP contribution in [0.3, 0.4) is 0 Å². The zero-order valence-corrected chi connectivity index (χ0v) is 21.4. The van der Waals surface area contributed by atoms with Gasteiger partial charge in [-0.25, -0.2) is 9.78 Å². The molecular formula is C30H29N3O5. The van der Waals surface area contributed by atoms with Crippen molar-refractivity contribution in [2.75, 3.05) is 25.0 Å². The summed E-state index contributed by atoms with van der Waals surface area (Å²) in [5, 5.41) is 3.86. The van der Waals surface area contributed by atoms with E-state index in [1.807, 2.05) is 60.4 Å². The van der Waals surface area contributed by atoms with Gasteiger partial charge in [-0.2, -0.15) is 0 Å². The topological polar surface area (TPSA) is 102 Å². The number of piperidine rings is 1. The second-order valence-electron chi connectivity index (χ2n) is 9.35. The quantitative estimate of drug-likeness (QED) is 0.339. The van der Waals surface area contributed by atoms with Crippen LogP contribution in [0.5, 0.6) is 0 Å². The van der Waals surface area contributed by atoms with Crippen LogP contribution in [0.4, 0.5) is 5.69 Å².